The summed E-state index contributed by atoms with van der Waals surface area (Å²) in [5.41, 5.74) is 1.79. The zero-order valence-electron chi connectivity index (χ0n) is 12.1. The van der Waals surface area contributed by atoms with Gasteiger partial charge in [-0.3, -0.25) is 9.59 Å². The fraction of sp³-hybridized carbons (Fsp3) is 0.467. The van der Waals surface area contributed by atoms with Gasteiger partial charge in [0.15, 0.2) is 0 Å². The molecular weight excluding hydrogens is 286 g/mol. The van der Waals surface area contributed by atoms with Crippen molar-refractivity contribution in [2.75, 3.05) is 44.3 Å². The Bertz CT molecular complexity index is 568. The second kappa shape index (κ2) is 6.07. The Hall–Kier alpha value is -1.53. The lowest BCUT2D eigenvalue weighted by atomic mass is 10.1. The van der Waals surface area contributed by atoms with Gasteiger partial charge in [-0.25, -0.2) is 0 Å². The van der Waals surface area contributed by atoms with Crippen LogP contribution in [0.2, 0.25) is 0 Å². The number of nitrogens with zero attached hydrogens (tertiary/aromatic N) is 2. The lowest BCUT2D eigenvalue weighted by Crippen LogP contribution is -2.47. The van der Waals surface area contributed by atoms with E-state index in [9.17, 15) is 9.59 Å². The Morgan fingerprint density at radius 2 is 2.05 bits per heavy atom. The first-order chi connectivity index (χ1) is 10.1. The van der Waals surface area contributed by atoms with Crippen molar-refractivity contribution in [3.8, 4) is 0 Å². The summed E-state index contributed by atoms with van der Waals surface area (Å²) in [6.07, 6.45) is 0.400. The maximum atomic E-state index is 12.3. The maximum absolute atomic E-state index is 12.3. The largest absolute Gasteiger partial charge is 0.340 e. The fourth-order valence-electron chi connectivity index (χ4n) is 2.58. The Balaban J connectivity index is 1.66. The van der Waals surface area contributed by atoms with Crippen LogP contribution in [0.5, 0.6) is 0 Å². The number of hydrogen-bond acceptors (Lipinski definition) is 4. The second-order valence-corrected chi connectivity index (χ2v) is 6.55. The van der Waals surface area contributed by atoms with Gasteiger partial charge in [0, 0.05) is 31.1 Å². The van der Waals surface area contributed by atoms with E-state index in [-0.39, 0.29) is 11.8 Å². The molecule has 2 heterocycles. The molecule has 3 rings (SSSR count). The van der Waals surface area contributed by atoms with Gasteiger partial charge in [0.1, 0.15) is 0 Å². The number of rotatable bonds is 2. The normalized spacial score (nSPS) is 19.1. The quantitative estimate of drug-likeness (QED) is 0.887. The van der Waals surface area contributed by atoms with Crippen molar-refractivity contribution < 1.29 is 9.59 Å². The number of carbonyl (C=O) groups excluding carboxylic acids is 2. The molecule has 2 aliphatic rings. The minimum absolute atomic E-state index is 0.0232. The van der Waals surface area contributed by atoms with Crippen molar-refractivity contribution in [1.29, 1.82) is 0 Å². The van der Waals surface area contributed by atoms with Gasteiger partial charge < -0.3 is 15.1 Å². The number of benzene rings is 1. The molecule has 1 N–H and O–H groups in total. The van der Waals surface area contributed by atoms with Gasteiger partial charge in [0.25, 0.3) is 0 Å². The number of hydrogen-bond donors (Lipinski definition) is 1. The molecule has 0 saturated carbocycles. The fourth-order valence-corrected chi connectivity index (χ4v) is 3.37. The van der Waals surface area contributed by atoms with Crippen LogP contribution in [-0.4, -0.2) is 60.6 Å². The number of carbonyl (C=O) groups is 2. The van der Waals surface area contributed by atoms with Gasteiger partial charge in [0.05, 0.1) is 17.9 Å². The van der Waals surface area contributed by atoms with Crippen molar-refractivity contribution in [1.82, 2.24) is 9.80 Å². The van der Waals surface area contributed by atoms with Gasteiger partial charge in [0.2, 0.25) is 11.8 Å². The highest BCUT2D eigenvalue weighted by molar-refractivity contribution is 8.00. The van der Waals surface area contributed by atoms with Gasteiger partial charge in [-0.15, -0.1) is 11.8 Å². The van der Waals surface area contributed by atoms with E-state index in [1.807, 2.05) is 23.1 Å². The van der Waals surface area contributed by atoms with Crippen LogP contribution >= 0.6 is 11.8 Å². The smallest absolute Gasteiger partial charge is 0.234 e. The molecule has 1 saturated heterocycles. The standard InChI is InChI=1S/C15H19N3O2S/c1-17-4-6-18(7-5-17)15(20)9-11-2-3-13-12(8-11)16-14(19)10-21-13/h2-3,8H,4-7,9-10H2,1H3,(H,16,19). The molecule has 21 heavy (non-hydrogen) atoms. The zero-order chi connectivity index (χ0) is 14.8. The zero-order valence-corrected chi connectivity index (χ0v) is 12.9. The first kappa shape index (κ1) is 14.4. The summed E-state index contributed by atoms with van der Waals surface area (Å²) in [4.78, 5) is 29.0. The molecule has 112 valence electrons. The predicted octanol–water partition coefficient (Wildman–Crippen LogP) is 1.05. The number of thioether (sulfide) groups is 1. The second-order valence-electron chi connectivity index (χ2n) is 5.53. The minimum Gasteiger partial charge on any atom is -0.340 e. The number of amides is 2. The van der Waals surface area contributed by atoms with E-state index in [2.05, 4.69) is 17.3 Å². The van der Waals surface area contributed by atoms with E-state index in [0.29, 0.717) is 12.2 Å². The Morgan fingerprint density at radius 3 is 2.81 bits per heavy atom. The summed E-state index contributed by atoms with van der Waals surface area (Å²) < 4.78 is 0. The average molecular weight is 305 g/mol. The Labute approximate surface area is 128 Å². The van der Waals surface area contributed by atoms with E-state index in [1.54, 1.807) is 0 Å². The van der Waals surface area contributed by atoms with Crippen LogP contribution in [0.15, 0.2) is 23.1 Å². The van der Waals surface area contributed by atoms with Gasteiger partial charge in [-0.1, -0.05) is 6.07 Å². The van der Waals surface area contributed by atoms with E-state index in [4.69, 9.17) is 0 Å². The van der Waals surface area contributed by atoms with Crippen LogP contribution in [0.1, 0.15) is 5.56 Å². The van der Waals surface area contributed by atoms with Gasteiger partial charge >= 0.3 is 0 Å². The highest BCUT2D eigenvalue weighted by atomic mass is 32.2. The molecule has 0 radical (unpaired) electrons. The van der Waals surface area contributed by atoms with Crippen molar-refractivity contribution in [2.45, 2.75) is 11.3 Å². The molecule has 2 aliphatic heterocycles. The molecule has 1 aromatic carbocycles. The maximum Gasteiger partial charge on any atom is 0.234 e. The number of nitrogens with one attached hydrogen (secondary N) is 1. The molecule has 2 amide bonds. The number of anilines is 1. The molecule has 1 fully saturated rings. The van der Waals surface area contributed by atoms with Crippen LogP contribution in [-0.2, 0) is 16.0 Å². The highest BCUT2D eigenvalue weighted by Crippen LogP contribution is 2.32. The van der Waals surface area contributed by atoms with Crippen molar-refractivity contribution in [3.63, 3.8) is 0 Å². The Morgan fingerprint density at radius 1 is 1.29 bits per heavy atom. The molecule has 6 heteroatoms. The summed E-state index contributed by atoms with van der Waals surface area (Å²) in [7, 11) is 2.08. The molecule has 0 spiro atoms. The summed E-state index contributed by atoms with van der Waals surface area (Å²) in [5, 5.41) is 2.87. The molecule has 0 aromatic heterocycles. The first-order valence-corrected chi connectivity index (χ1v) is 8.12. The third-order valence-electron chi connectivity index (χ3n) is 3.89. The van der Waals surface area contributed by atoms with Crippen LogP contribution in [0, 0.1) is 0 Å². The van der Waals surface area contributed by atoms with Gasteiger partial charge in [-0.05, 0) is 24.7 Å². The van der Waals surface area contributed by atoms with Crippen molar-refractivity contribution in [2.24, 2.45) is 0 Å². The average Bonchev–Trinajstić information content (AvgIpc) is 2.47. The molecular formula is C15H19N3O2S. The van der Waals surface area contributed by atoms with E-state index in [1.165, 1.54) is 11.8 Å². The minimum atomic E-state index is 0.0232. The lowest BCUT2D eigenvalue weighted by Gasteiger charge is -2.32. The third kappa shape index (κ3) is 3.39. The predicted molar refractivity (Wildman–Crippen MR) is 83.6 cm³/mol. The third-order valence-corrected chi connectivity index (χ3v) is 4.96. The Kier molecular flexibility index (Phi) is 4.17. The van der Waals surface area contributed by atoms with E-state index >= 15 is 0 Å². The molecule has 0 atom stereocenters. The molecule has 0 bridgehead atoms. The van der Waals surface area contributed by atoms with Crippen LogP contribution < -0.4 is 5.32 Å². The molecule has 0 aliphatic carbocycles. The molecule has 1 aromatic rings. The lowest BCUT2D eigenvalue weighted by molar-refractivity contribution is -0.132. The first-order valence-electron chi connectivity index (χ1n) is 7.14. The number of likely N-dealkylation sites (N-methyl/N-ethyl adjacent to an activating group) is 1. The summed E-state index contributed by atoms with van der Waals surface area (Å²) in [5.74, 6) is 0.653. The van der Waals surface area contributed by atoms with Crippen LogP contribution in [0.4, 0.5) is 5.69 Å². The van der Waals surface area contributed by atoms with E-state index in [0.717, 1.165) is 42.3 Å². The van der Waals surface area contributed by atoms with Crippen molar-refractivity contribution >= 4 is 29.3 Å². The summed E-state index contributed by atoms with van der Waals surface area (Å²) in [6.45, 7) is 3.46. The van der Waals surface area contributed by atoms with E-state index < -0.39 is 0 Å². The SMILES string of the molecule is CN1CCN(C(=O)Cc2ccc3c(c2)NC(=O)CS3)CC1. The van der Waals surface area contributed by atoms with Crippen molar-refractivity contribution in [3.05, 3.63) is 23.8 Å². The number of piperazine rings is 1. The van der Waals surface area contributed by atoms with Crippen LogP contribution in [0.25, 0.3) is 0 Å². The topological polar surface area (TPSA) is 52.6 Å². The molecule has 5 nitrogen and oxygen atoms in total. The summed E-state index contributed by atoms with van der Waals surface area (Å²) in [6, 6.07) is 5.90. The molecule has 0 unspecified atom stereocenters. The van der Waals surface area contributed by atoms with Gasteiger partial charge in [-0.2, -0.15) is 0 Å². The summed E-state index contributed by atoms with van der Waals surface area (Å²) >= 11 is 1.54. The monoisotopic (exact) mass is 305 g/mol. The number of fused-ring (bicyclic) bond motifs is 1. The van der Waals surface area contributed by atoms with Crippen LogP contribution in [0.3, 0.4) is 0 Å². The highest BCUT2D eigenvalue weighted by Gasteiger charge is 2.20.